The predicted molar refractivity (Wildman–Crippen MR) is 118 cm³/mol. The summed E-state index contributed by atoms with van der Waals surface area (Å²) in [6.07, 6.45) is 0.102. The van der Waals surface area contributed by atoms with Gasteiger partial charge in [-0.15, -0.1) is 11.3 Å². The van der Waals surface area contributed by atoms with Gasteiger partial charge in [-0.1, -0.05) is 11.6 Å². The van der Waals surface area contributed by atoms with E-state index in [1.807, 2.05) is 5.38 Å². The van der Waals surface area contributed by atoms with Gasteiger partial charge in [0.25, 0.3) is 0 Å². The summed E-state index contributed by atoms with van der Waals surface area (Å²) >= 11 is 7.28. The smallest absolute Gasteiger partial charge is 0.230 e. The van der Waals surface area contributed by atoms with E-state index in [4.69, 9.17) is 21.1 Å². The molecule has 0 fully saturated rings. The highest BCUT2D eigenvalue weighted by molar-refractivity contribution is 7.09. The summed E-state index contributed by atoms with van der Waals surface area (Å²) in [4.78, 5) is 28.2. The van der Waals surface area contributed by atoms with Crippen LogP contribution in [0.5, 0.6) is 11.5 Å². The van der Waals surface area contributed by atoms with E-state index in [1.54, 1.807) is 42.5 Å². The van der Waals surface area contributed by atoms with Crippen molar-refractivity contribution in [1.82, 2.24) is 4.98 Å². The highest BCUT2D eigenvalue weighted by atomic mass is 35.5. The standard InChI is InChI=1S/C21H20ClN3O4S/c1-13(26)23-15-5-8-19(28-2)18(9-15)25-20(27)10-16-12-30-21(24-16)11-29-17-6-3-14(22)4-7-17/h3-9,12H,10-11H2,1-2H3,(H,23,26)(H,25,27). The molecule has 156 valence electrons. The van der Waals surface area contributed by atoms with E-state index < -0.39 is 0 Å². The average molecular weight is 446 g/mol. The van der Waals surface area contributed by atoms with Crippen molar-refractivity contribution in [1.29, 1.82) is 0 Å². The van der Waals surface area contributed by atoms with Gasteiger partial charge in [-0.25, -0.2) is 4.98 Å². The molecule has 2 N–H and O–H groups in total. The molecule has 30 heavy (non-hydrogen) atoms. The van der Waals surface area contributed by atoms with Crippen LogP contribution in [0.4, 0.5) is 11.4 Å². The molecule has 7 nitrogen and oxygen atoms in total. The minimum Gasteiger partial charge on any atom is -0.495 e. The number of anilines is 2. The first-order chi connectivity index (χ1) is 14.4. The molecule has 0 unspecified atom stereocenters. The van der Waals surface area contributed by atoms with Crippen LogP contribution in [-0.4, -0.2) is 23.9 Å². The van der Waals surface area contributed by atoms with Gasteiger partial charge in [0, 0.05) is 23.0 Å². The van der Waals surface area contributed by atoms with Gasteiger partial charge in [0.05, 0.1) is 24.9 Å². The Labute approximate surface area is 183 Å². The van der Waals surface area contributed by atoms with E-state index in [0.717, 1.165) is 5.01 Å². The number of methoxy groups -OCH3 is 1. The first-order valence-electron chi connectivity index (χ1n) is 9.00. The predicted octanol–water partition coefficient (Wildman–Crippen LogP) is 4.52. The fourth-order valence-electron chi connectivity index (χ4n) is 2.62. The summed E-state index contributed by atoms with van der Waals surface area (Å²) in [5, 5.41) is 8.71. The summed E-state index contributed by atoms with van der Waals surface area (Å²) in [5.41, 5.74) is 1.67. The SMILES string of the molecule is COc1ccc(NC(C)=O)cc1NC(=O)Cc1csc(COc2ccc(Cl)cc2)n1. The zero-order valence-electron chi connectivity index (χ0n) is 16.4. The summed E-state index contributed by atoms with van der Waals surface area (Å²) in [6, 6.07) is 12.1. The number of nitrogens with one attached hydrogen (secondary N) is 2. The first kappa shape index (κ1) is 21.6. The van der Waals surface area contributed by atoms with Crippen molar-refractivity contribution in [2.75, 3.05) is 17.7 Å². The molecule has 1 heterocycles. The van der Waals surface area contributed by atoms with Gasteiger partial charge in [0.2, 0.25) is 11.8 Å². The Hall–Kier alpha value is -3.10. The van der Waals surface area contributed by atoms with Crippen molar-refractivity contribution in [3.8, 4) is 11.5 Å². The molecule has 0 bridgehead atoms. The van der Waals surface area contributed by atoms with Crippen molar-refractivity contribution in [2.45, 2.75) is 20.0 Å². The maximum atomic E-state index is 12.5. The molecular weight excluding hydrogens is 426 g/mol. The van der Waals surface area contributed by atoms with Crippen LogP contribution in [-0.2, 0) is 22.6 Å². The summed E-state index contributed by atoms with van der Waals surface area (Å²) < 4.78 is 10.9. The lowest BCUT2D eigenvalue weighted by Gasteiger charge is -2.12. The van der Waals surface area contributed by atoms with Crippen molar-refractivity contribution in [3.63, 3.8) is 0 Å². The molecule has 0 aliphatic rings. The summed E-state index contributed by atoms with van der Waals surface area (Å²) in [5.74, 6) is 0.741. The Morgan fingerprint density at radius 1 is 1.13 bits per heavy atom. The van der Waals surface area contributed by atoms with Gasteiger partial charge in [-0.2, -0.15) is 0 Å². The number of nitrogens with zero attached hydrogens (tertiary/aromatic N) is 1. The highest BCUT2D eigenvalue weighted by Crippen LogP contribution is 2.28. The molecule has 0 aliphatic heterocycles. The third-order valence-corrected chi connectivity index (χ3v) is 5.03. The second-order valence-electron chi connectivity index (χ2n) is 6.30. The maximum absolute atomic E-state index is 12.5. The molecule has 0 saturated carbocycles. The number of rotatable bonds is 8. The molecular formula is C21H20ClN3O4S. The Morgan fingerprint density at radius 3 is 2.60 bits per heavy atom. The molecule has 3 rings (SSSR count). The minimum atomic E-state index is -0.247. The van der Waals surface area contributed by atoms with Gasteiger partial charge < -0.3 is 20.1 Å². The molecule has 0 spiro atoms. The second kappa shape index (κ2) is 10.1. The number of hydrogen-bond donors (Lipinski definition) is 2. The van der Waals surface area contributed by atoms with Gasteiger partial charge in [0.1, 0.15) is 23.1 Å². The third-order valence-electron chi connectivity index (χ3n) is 3.91. The van der Waals surface area contributed by atoms with Gasteiger partial charge in [0.15, 0.2) is 0 Å². The van der Waals surface area contributed by atoms with Crippen LogP contribution < -0.4 is 20.1 Å². The molecule has 1 aromatic heterocycles. The van der Waals surface area contributed by atoms with Crippen LogP contribution in [0.3, 0.4) is 0 Å². The third kappa shape index (κ3) is 6.20. The molecule has 0 aliphatic carbocycles. The van der Waals surface area contributed by atoms with Crippen molar-refractivity contribution < 1.29 is 19.1 Å². The van der Waals surface area contributed by atoms with Crippen molar-refractivity contribution in [3.05, 3.63) is 63.6 Å². The minimum absolute atomic E-state index is 0.102. The van der Waals surface area contributed by atoms with Crippen LogP contribution in [0.15, 0.2) is 47.8 Å². The van der Waals surface area contributed by atoms with Crippen LogP contribution in [0.2, 0.25) is 5.02 Å². The Bertz CT molecular complexity index is 1040. The zero-order chi connectivity index (χ0) is 21.5. The number of aromatic nitrogens is 1. The number of halogens is 1. The molecule has 3 aromatic rings. The molecule has 0 radical (unpaired) electrons. The molecule has 9 heteroatoms. The first-order valence-corrected chi connectivity index (χ1v) is 10.3. The second-order valence-corrected chi connectivity index (χ2v) is 7.68. The van der Waals surface area contributed by atoms with Gasteiger partial charge in [-0.05, 0) is 42.5 Å². The quantitative estimate of drug-likeness (QED) is 0.532. The Balaban J connectivity index is 1.58. The Kier molecular flexibility index (Phi) is 7.26. The van der Waals surface area contributed by atoms with E-state index in [0.29, 0.717) is 40.2 Å². The highest BCUT2D eigenvalue weighted by Gasteiger charge is 2.12. The van der Waals surface area contributed by atoms with E-state index in [1.165, 1.54) is 25.4 Å². The zero-order valence-corrected chi connectivity index (χ0v) is 18.0. The summed E-state index contributed by atoms with van der Waals surface area (Å²) in [7, 11) is 1.51. The lowest BCUT2D eigenvalue weighted by atomic mass is 10.2. The Morgan fingerprint density at radius 2 is 1.90 bits per heavy atom. The van der Waals surface area contributed by atoms with Crippen molar-refractivity contribution >= 4 is 46.1 Å². The molecule has 2 amide bonds. The largest absolute Gasteiger partial charge is 0.495 e. The number of carbonyl (C=O) groups excluding carboxylic acids is 2. The number of hydrogen-bond acceptors (Lipinski definition) is 6. The van der Waals surface area contributed by atoms with Crippen LogP contribution in [0.25, 0.3) is 0 Å². The molecule has 2 aromatic carbocycles. The monoisotopic (exact) mass is 445 g/mol. The lowest BCUT2D eigenvalue weighted by Crippen LogP contribution is -2.16. The number of benzene rings is 2. The lowest BCUT2D eigenvalue weighted by molar-refractivity contribution is -0.116. The normalized spacial score (nSPS) is 10.4. The topological polar surface area (TPSA) is 89.6 Å². The van der Waals surface area contributed by atoms with Crippen molar-refractivity contribution in [2.24, 2.45) is 0 Å². The average Bonchev–Trinajstić information content (AvgIpc) is 3.14. The maximum Gasteiger partial charge on any atom is 0.230 e. The summed E-state index contributed by atoms with van der Waals surface area (Å²) in [6.45, 7) is 1.72. The van der Waals surface area contributed by atoms with Crippen LogP contribution in [0, 0.1) is 0 Å². The fourth-order valence-corrected chi connectivity index (χ4v) is 3.45. The molecule has 0 atom stereocenters. The van der Waals surface area contributed by atoms with E-state index in [2.05, 4.69) is 15.6 Å². The van der Waals surface area contributed by atoms with E-state index in [-0.39, 0.29) is 18.2 Å². The number of carbonyl (C=O) groups is 2. The van der Waals surface area contributed by atoms with E-state index >= 15 is 0 Å². The number of thiazole rings is 1. The molecule has 0 saturated heterocycles. The fraction of sp³-hybridized carbons (Fsp3) is 0.190. The van der Waals surface area contributed by atoms with Crippen LogP contribution >= 0.6 is 22.9 Å². The van der Waals surface area contributed by atoms with E-state index in [9.17, 15) is 9.59 Å². The van der Waals surface area contributed by atoms with Gasteiger partial charge in [-0.3, -0.25) is 9.59 Å². The van der Waals surface area contributed by atoms with Gasteiger partial charge >= 0.3 is 0 Å². The van der Waals surface area contributed by atoms with Crippen LogP contribution in [0.1, 0.15) is 17.6 Å². The number of ether oxygens (including phenoxy) is 2. The number of amides is 2.